The lowest BCUT2D eigenvalue weighted by Gasteiger charge is -2.45. The van der Waals surface area contributed by atoms with Gasteiger partial charge in [-0.25, -0.2) is 0 Å². The lowest BCUT2D eigenvalue weighted by molar-refractivity contribution is -0.359. The normalized spacial score (nSPS) is 38.1. The molecule has 11 heteroatoms. The number of aliphatic hydroxyl groups is 7. The summed E-state index contributed by atoms with van der Waals surface area (Å²) in [5.74, 6) is 0. The summed E-state index contributed by atoms with van der Waals surface area (Å²) in [5, 5.41) is 70.1. The van der Waals surface area contributed by atoms with Crippen LogP contribution in [0.1, 0.15) is 71.1 Å². The second-order valence-corrected chi connectivity index (χ2v) is 9.56. The van der Waals surface area contributed by atoms with Gasteiger partial charge in [-0.05, 0) is 6.42 Å². The van der Waals surface area contributed by atoms with Gasteiger partial charge in [0.15, 0.2) is 12.6 Å². The highest BCUT2D eigenvalue weighted by molar-refractivity contribution is 4.94. The summed E-state index contributed by atoms with van der Waals surface area (Å²) in [7, 11) is 0. The number of ether oxygens (including phenoxy) is 4. The SMILES string of the molecule is CCCCCCCCCCCCOC1OC(CO)[C@H](OC2OC(CO)[C@H](O)C(O)C2O)C(O)C1O. The molecule has 10 atom stereocenters. The fourth-order valence-corrected chi connectivity index (χ4v) is 4.48. The topological polar surface area (TPSA) is 179 Å². The molecular weight excluding hydrogens is 464 g/mol. The zero-order chi connectivity index (χ0) is 25.8. The molecule has 0 amide bonds. The second-order valence-electron chi connectivity index (χ2n) is 9.56. The highest BCUT2D eigenvalue weighted by Gasteiger charge is 2.50. The standard InChI is InChI=1S/C24H46O11/c1-2-3-4-5-6-7-8-9-10-11-12-32-23-21(31)19(29)22(16(14-26)34-23)35-24-20(30)18(28)17(27)15(13-25)33-24/h15-31H,2-14H2,1H3/t15?,16?,17-,18?,19?,20?,21?,22-,23?,24?/m0/s1. The van der Waals surface area contributed by atoms with Crippen molar-refractivity contribution in [1.29, 1.82) is 0 Å². The molecule has 208 valence electrons. The molecule has 0 spiro atoms. The molecule has 0 radical (unpaired) electrons. The maximum absolute atomic E-state index is 10.6. The van der Waals surface area contributed by atoms with Gasteiger partial charge in [-0.1, -0.05) is 64.7 Å². The van der Waals surface area contributed by atoms with Crippen LogP contribution in [-0.2, 0) is 18.9 Å². The molecule has 0 aliphatic carbocycles. The van der Waals surface area contributed by atoms with E-state index in [1.54, 1.807) is 0 Å². The van der Waals surface area contributed by atoms with E-state index in [2.05, 4.69) is 6.92 Å². The lowest BCUT2D eigenvalue weighted by Crippen LogP contribution is -2.64. The predicted molar refractivity (Wildman–Crippen MR) is 124 cm³/mol. The molecule has 0 aromatic heterocycles. The molecule has 7 N–H and O–H groups in total. The largest absolute Gasteiger partial charge is 0.394 e. The summed E-state index contributed by atoms with van der Waals surface area (Å²) < 4.78 is 22.0. The highest BCUT2D eigenvalue weighted by Crippen LogP contribution is 2.29. The number of rotatable bonds is 16. The van der Waals surface area contributed by atoms with Gasteiger partial charge >= 0.3 is 0 Å². The van der Waals surface area contributed by atoms with Gasteiger partial charge in [0.2, 0.25) is 0 Å². The Labute approximate surface area is 207 Å². The van der Waals surface area contributed by atoms with Crippen molar-refractivity contribution in [2.24, 2.45) is 0 Å². The first-order valence-corrected chi connectivity index (χ1v) is 13.1. The first-order chi connectivity index (χ1) is 16.8. The van der Waals surface area contributed by atoms with Crippen LogP contribution in [-0.4, -0.2) is 117 Å². The van der Waals surface area contributed by atoms with E-state index >= 15 is 0 Å². The summed E-state index contributed by atoms with van der Waals surface area (Å²) >= 11 is 0. The Kier molecular flexibility index (Phi) is 14.4. The van der Waals surface area contributed by atoms with Crippen LogP contribution < -0.4 is 0 Å². The summed E-state index contributed by atoms with van der Waals surface area (Å²) in [6.07, 6.45) is -2.63. The van der Waals surface area contributed by atoms with Crippen LogP contribution in [0.4, 0.5) is 0 Å². The van der Waals surface area contributed by atoms with Crippen LogP contribution >= 0.6 is 0 Å². The lowest BCUT2D eigenvalue weighted by atomic mass is 9.97. The fourth-order valence-electron chi connectivity index (χ4n) is 4.48. The minimum atomic E-state index is -1.69. The van der Waals surface area contributed by atoms with Crippen molar-refractivity contribution in [1.82, 2.24) is 0 Å². The average molecular weight is 511 g/mol. The fraction of sp³-hybridized carbons (Fsp3) is 1.00. The summed E-state index contributed by atoms with van der Waals surface area (Å²) in [6.45, 7) is 1.31. The molecule has 2 rings (SSSR count). The van der Waals surface area contributed by atoms with E-state index in [1.807, 2.05) is 0 Å². The van der Waals surface area contributed by atoms with E-state index in [-0.39, 0.29) is 0 Å². The molecule has 0 saturated carbocycles. The van der Waals surface area contributed by atoms with Crippen molar-refractivity contribution in [3.63, 3.8) is 0 Å². The van der Waals surface area contributed by atoms with Crippen molar-refractivity contribution in [3.05, 3.63) is 0 Å². The first kappa shape index (κ1) is 30.8. The number of aliphatic hydroxyl groups excluding tert-OH is 7. The molecular formula is C24H46O11. The molecule has 35 heavy (non-hydrogen) atoms. The Morgan fingerprint density at radius 3 is 1.66 bits per heavy atom. The van der Waals surface area contributed by atoms with E-state index < -0.39 is 74.6 Å². The quantitative estimate of drug-likeness (QED) is 0.134. The summed E-state index contributed by atoms with van der Waals surface area (Å²) in [5.41, 5.74) is 0. The summed E-state index contributed by atoms with van der Waals surface area (Å²) in [4.78, 5) is 0. The number of hydrogen-bond acceptors (Lipinski definition) is 11. The van der Waals surface area contributed by atoms with Gasteiger partial charge in [-0.15, -0.1) is 0 Å². The molecule has 0 bridgehead atoms. The predicted octanol–water partition coefficient (Wildman–Crippen LogP) is -0.452. The second kappa shape index (κ2) is 16.4. The van der Waals surface area contributed by atoms with Gasteiger partial charge < -0.3 is 54.7 Å². The third-order valence-corrected chi connectivity index (χ3v) is 6.74. The Hall–Kier alpha value is -0.440. The minimum absolute atomic E-state index is 0.321. The van der Waals surface area contributed by atoms with Crippen molar-refractivity contribution in [2.45, 2.75) is 133 Å². The van der Waals surface area contributed by atoms with Crippen LogP contribution in [0, 0.1) is 0 Å². The number of unbranched alkanes of at least 4 members (excludes halogenated alkanes) is 9. The Morgan fingerprint density at radius 2 is 1.09 bits per heavy atom. The molecule has 2 saturated heterocycles. The molecule has 2 fully saturated rings. The van der Waals surface area contributed by atoms with Crippen molar-refractivity contribution in [2.75, 3.05) is 19.8 Å². The van der Waals surface area contributed by atoms with Gasteiger partial charge in [0.25, 0.3) is 0 Å². The van der Waals surface area contributed by atoms with E-state index in [0.717, 1.165) is 19.3 Å². The van der Waals surface area contributed by atoms with Gasteiger partial charge in [-0.3, -0.25) is 0 Å². The van der Waals surface area contributed by atoms with Crippen molar-refractivity contribution in [3.8, 4) is 0 Å². The maximum atomic E-state index is 10.6. The van der Waals surface area contributed by atoms with Crippen LogP contribution in [0.3, 0.4) is 0 Å². The third-order valence-electron chi connectivity index (χ3n) is 6.74. The van der Waals surface area contributed by atoms with Crippen LogP contribution in [0.15, 0.2) is 0 Å². The molecule has 2 aliphatic heterocycles. The van der Waals surface area contributed by atoms with E-state index in [9.17, 15) is 35.7 Å². The van der Waals surface area contributed by atoms with Gasteiger partial charge in [0.05, 0.1) is 13.2 Å². The highest BCUT2D eigenvalue weighted by atomic mass is 16.7. The molecule has 0 aromatic rings. The Balaban J connectivity index is 1.74. The monoisotopic (exact) mass is 510 g/mol. The molecule has 11 nitrogen and oxygen atoms in total. The molecule has 2 aliphatic rings. The van der Waals surface area contributed by atoms with Crippen LogP contribution in [0.5, 0.6) is 0 Å². The van der Waals surface area contributed by atoms with Crippen LogP contribution in [0.2, 0.25) is 0 Å². The van der Waals surface area contributed by atoms with Crippen molar-refractivity contribution >= 4 is 0 Å². The molecule has 0 aromatic carbocycles. The van der Waals surface area contributed by atoms with E-state index in [4.69, 9.17) is 18.9 Å². The van der Waals surface area contributed by atoms with Gasteiger partial charge in [0, 0.05) is 6.61 Å². The van der Waals surface area contributed by atoms with Gasteiger partial charge in [-0.2, -0.15) is 0 Å². The first-order valence-electron chi connectivity index (χ1n) is 13.1. The van der Waals surface area contributed by atoms with Gasteiger partial charge in [0.1, 0.15) is 48.8 Å². The molecule has 8 unspecified atom stereocenters. The zero-order valence-electron chi connectivity index (χ0n) is 20.7. The Morgan fingerprint density at radius 1 is 0.571 bits per heavy atom. The smallest absolute Gasteiger partial charge is 0.187 e. The minimum Gasteiger partial charge on any atom is -0.394 e. The number of hydrogen-bond donors (Lipinski definition) is 7. The average Bonchev–Trinajstić information content (AvgIpc) is 2.86. The Bertz CT molecular complexity index is 550. The molecule has 2 heterocycles. The van der Waals surface area contributed by atoms with E-state index in [0.29, 0.717) is 6.61 Å². The van der Waals surface area contributed by atoms with Crippen LogP contribution in [0.25, 0.3) is 0 Å². The van der Waals surface area contributed by atoms with E-state index in [1.165, 1.54) is 44.9 Å². The third kappa shape index (κ3) is 9.11. The zero-order valence-corrected chi connectivity index (χ0v) is 20.7. The summed E-state index contributed by atoms with van der Waals surface area (Å²) in [6, 6.07) is 0. The van der Waals surface area contributed by atoms with Crippen molar-refractivity contribution < 1.29 is 54.7 Å². The maximum Gasteiger partial charge on any atom is 0.187 e.